The predicted octanol–water partition coefficient (Wildman–Crippen LogP) is 1.63. The molecule has 1 fully saturated rings. The molecule has 1 unspecified atom stereocenters. The molecule has 0 spiro atoms. The maximum absolute atomic E-state index is 11.4. The molecule has 0 aliphatic carbocycles. The number of nitrogens with zero attached hydrogens (tertiary/aromatic N) is 2. The zero-order valence-electron chi connectivity index (χ0n) is 15.7. The van der Waals surface area contributed by atoms with Crippen LogP contribution in [0.4, 0.5) is 0 Å². The minimum Gasteiger partial charge on any atom is -0.369 e. The van der Waals surface area contributed by atoms with Crippen LogP contribution in [0, 0.1) is 5.92 Å². The first kappa shape index (κ1) is 20.0. The molecule has 0 bridgehead atoms. The van der Waals surface area contributed by atoms with E-state index in [1.54, 1.807) is 0 Å². The molecule has 26 heavy (non-hydrogen) atoms. The monoisotopic (exact) mass is 357 g/mol. The second-order valence-electron chi connectivity index (χ2n) is 6.66. The van der Waals surface area contributed by atoms with Gasteiger partial charge in [0.15, 0.2) is 5.96 Å². The quantitative estimate of drug-likeness (QED) is 0.375. The average molecular weight is 358 g/mol. The Hall–Kier alpha value is -2.34. The minimum atomic E-state index is -0.180. The summed E-state index contributed by atoms with van der Waals surface area (Å²) in [5, 5.41) is 6.43. The number of likely N-dealkylation sites (tertiary alicyclic amines) is 1. The average Bonchev–Trinajstić information content (AvgIpc) is 2.64. The van der Waals surface area contributed by atoms with Gasteiger partial charge >= 0.3 is 0 Å². The molecule has 1 aliphatic rings. The summed E-state index contributed by atoms with van der Waals surface area (Å²) in [6.45, 7) is 10.5. The number of piperidine rings is 1. The van der Waals surface area contributed by atoms with Crippen LogP contribution in [0.15, 0.2) is 41.9 Å². The van der Waals surface area contributed by atoms with Gasteiger partial charge in [-0.15, -0.1) is 6.58 Å². The van der Waals surface area contributed by atoms with Gasteiger partial charge in [0.05, 0.1) is 12.5 Å². The molecule has 1 amide bonds. The summed E-state index contributed by atoms with van der Waals surface area (Å²) in [5.41, 5.74) is 7.89. The largest absolute Gasteiger partial charge is 0.369 e. The third-order valence-electron chi connectivity index (χ3n) is 4.48. The summed E-state index contributed by atoms with van der Waals surface area (Å²) < 4.78 is 0. The molecule has 0 radical (unpaired) electrons. The molecule has 0 saturated carbocycles. The van der Waals surface area contributed by atoms with E-state index in [1.165, 1.54) is 11.1 Å². The number of amides is 1. The number of primary amides is 1. The minimum absolute atomic E-state index is 0.0184. The summed E-state index contributed by atoms with van der Waals surface area (Å²) in [4.78, 5) is 18.4. The molecular weight excluding hydrogens is 326 g/mol. The first-order valence-electron chi connectivity index (χ1n) is 9.35. The van der Waals surface area contributed by atoms with Crippen LogP contribution >= 0.6 is 0 Å². The van der Waals surface area contributed by atoms with Crippen LogP contribution in [-0.4, -0.2) is 42.9 Å². The topological polar surface area (TPSA) is 82.8 Å². The fourth-order valence-electron chi connectivity index (χ4n) is 3.20. The highest BCUT2D eigenvalue weighted by Gasteiger charge is 2.23. The summed E-state index contributed by atoms with van der Waals surface area (Å²) in [6, 6.07) is 8.48. The first-order valence-corrected chi connectivity index (χ1v) is 9.35. The third kappa shape index (κ3) is 6.52. The van der Waals surface area contributed by atoms with Gasteiger partial charge in [-0.05, 0) is 37.4 Å². The number of benzene rings is 1. The first-order chi connectivity index (χ1) is 12.6. The van der Waals surface area contributed by atoms with Crippen LogP contribution < -0.4 is 16.4 Å². The van der Waals surface area contributed by atoms with Crippen molar-refractivity contribution < 1.29 is 4.79 Å². The third-order valence-corrected chi connectivity index (χ3v) is 4.48. The molecule has 1 aliphatic heterocycles. The number of aliphatic imine (C=N–C) groups is 1. The summed E-state index contributed by atoms with van der Waals surface area (Å²) in [5.74, 6) is 0.592. The van der Waals surface area contributed by atoms with Crippen molar-refractivity contribution in [3.63, 3.8) is 0 Å². The number of nitrogens with one attached hydrogen (secondary N) is 2. The van der Waals surface area contributed by atoms with Crippen molar-refractivity contribution >= 4 is 11.9 Å². The molecule has 1 heterocycles. The van der Waals surface area contributed by atoms with E-state index < -0.39 is 0 Å². The summed E-state index contributed by atoms with van der Waals surface area (Å²) in [7, 11) is 0. The Morgan fingerprint density at radius 1 is 1.42 bits per heavy atom. The van der Waals surface area contributed by atoms with Gasteiger partial charge in [0.1, 0.15) is 0 Å². The molecule has 1 atom stereocenters. The van der Waals surface area contributed by atoms with Crippen LogP contribution in [0.2, 0.25) is 0 Å². The number of nitrogens with two attached hydrogens (primary N) is 1. The van der Waals surface area contributed by atoms with Crippen molar-refractivity contribution in [3.05, 3.63) is 48.0 Å². The van der Waals surface area contributed by atoms with Crippen molar-refractivity contribution in [2.24, 2.45) is 16.6 Å². The van der Waals surface area contributed by atoms with Crippen molar-refractivity contribution in [2.75, 3.05) is 26.2 Å². The smallest absolute Gasteiger partial charge is 0.221 e. The van der Waals surface area contributed by atoms with Crippen LogP contribution in [0.25, 0.3) is 0 Å². The molecule has 0 aromatic heterocycles. The van der Waals surface area contributed by atoms with E-state index in [0.717, 1.165) is 45.0 Å². The van der Waals surface area contributed by atoms with Gasteiger partial charge in [0.25, 0.3) is 0 Å². The van der Waals surface area contributed by atoms with E-state index in [1.807, 2.05) is 13.0 Å². The van der Waals surface area contributed by atoms with Crippen LogP contribution in [0.1, 0.15) is 30.9 Å². The van der Waals surface area contributed by atoms with E-state index in [-0.39, 0.29) is 11.8 Å². The number of hydrogen-bond donors (Lipinski definition) is 3. The predicted molar refractivity (Wildman–Crippen MR) is 107 cm³/mol. The lowest BCUT2D eigenvalue weighted by atomic mass is 9.97. The lowest BCUT2D eigenvalue weighted by Crippen LogP contribution is -2.40. The standard InChI is InChI=1S/C20H31N5O/c1-3-10-23-20(22-4-2)24-13-16-7-5-8-17(12-16)14-25-11-6-9-18(15-25)19(21)26/h3,5,7-8,12,18H,1,4,6,9-11,13-15H2,2H3,(H2,21,26)(H2,22,23,24). The molecule has 1 aromatic carbocycles. The second kappa shape index (κ2) is 10.6. The molecule has 1 saturated heterocycles. The SMILES string of the molecule is C=CCNC(=NCc1cccc(CN2CCCC(C(N)=O)C2)c1)NCC. The van der Waals surface area contributed by atoms with Gasteiger partial charge in [0, 0.05) is 26.2 Å². The van der Waals surface area contributed by atoms with Crippen LogP contribution in [-0.2, 0) is 17.9 Å². The number of carbonyl (C=O) groups is 1. The van der Waals surface area contributed by atoms with E-state index in [0.29, 0.717) is 13.1 Å². The Morgan fingerprint density at radius 3 is 2.96 bits per heavy atom. The normalized spacial score (nSPS) is 18.3. The zero-order chi connectivity index (χ0) is 18.8. The summed E-state index contributed by atoms with van der Waals surface area (Å²) in [6.07, 6.45) is 3.75. The van der Waals surface area contributed by atoms with Gasteiger partial charge in [-0.25, -0.2) is 4.99 Å². The molecule has 6 nitrogen and oxygen atoms in total. The molecule has 2 rings (SSSR count). The zero-order valence-corrected chi connectivity index (χ0v) is 15.7. The summed E-state index contributed by atoms with van der Waals surface area (Å²) >= 11 is 0. The van der Waals surface area contributed by atoms with Crippen LogP contribution in [0.5, 0.6) is 0 Å². The van der Waals surface area contributed by atoms with Gasteiger partial charge in [0.2, 0.25) is 5.91 Å². The highest BCUT2D eigenvalue weighted by molar-refractivity contribution is 5.79. The van der Waals surface area contributed by atoms with Crippen molar-refractivity contribution in [1.82, 2.24) is 15.5 Å². The highest BCUT2D eigenvalue weighted by atomic mass is 16.1. The number of guanidine groups is 1. The number of rotatable bonds is 8. The lowest BCUT2D eigenvalue weighted by molar-refractivity contribution is -0.123. The van der Waals surface area contributed by atoms with E-state index >= 15 is 0 Å². The van der Waals surface area contributed by atoms with Crippen molar-refractivity contribution in [1.29, 1.82) is 0 Å². The highest BCUT2D eigenvalue weighted by Crippen LogP contribution is 2.19. The molecule has 142 valence electrons. The van der Waals surface area contributed by atoms with Gasteiger partial charge in [-0.2, -0.15) is 0 Å². The molecule has 1 aromatic rings. The van der Waals surface area contributed by atoms with Gasteiger partial charge in [-0.1, -0.05) is 30.3 Å². The second-order valence-corrected chi connectivity index (χ2v) is 6.66. The Kier molecular flexibility index (Phi) is 8.15. The fourth-order valence-corrected chi connectivity index (χ4v) is 3.20. The van der Waals surface area contributed by atoms with Gasteiger partial charge in [-0.3, -0.25) is 9.69 Å². The van der Waals surface area contributed by atoms with Crippen LogP contribution in [0.3, 0.4) is 0 Å². The van der Waals surface area contributed by atoms with E-state index in [2.05, 4.69) is 51.4 Å². The maximum Gasteiger partial charge on any atom is 0.221 e. The van der Waals surface area contributed by atoms with E-state index in [4.69, 9.17) is 5.73 Å². The number of hydrogen-bond acceptors (Lipinski definition) is 3. The Labute approximate surface area is 156 Å². The lowest BCUT2D eigenvalue weighted by Gasteiger charge is -2.31. The molecular formula is C20H31N5O. The van der Waals surface area contributed by atoms with E-state index in [9.17, 15) is 4.79 Å². The Balaban J connectivity index is 1.96. The van der Waals surface area contributed by atoms with Crippen molar-refractivity contribution in [3.8, 4) is 0 Å². The Morgan fingerprint density at radius 2 is 2.23 bits per heavy atom. The van der Waals surface area contributed by atoms with Crippen molar-refractivity contribution in [2.45, 2.75) is 32.9 Å². The molecule has 4 N–H and O–H groups in total. The Bertz CT molecular complexity index is 628. The van der Waals surface area contributed by atoms with Gasteiger partial charge < -0.3 is 16.4 Å². The number of carbonyl (C=O) groups excluding carboxylic acids is 1. The maximum atomic E-state index is 11.4. The fraction of sp³-hybridized carbons (Fsp3) is 0.500. The molecule has 6 heteroatoms.